The molecule has 0 saturated carbocycles. The molecule has 1 aromatic carbocycles. The van der Waals surface area contributed by atoms with E-state index in [9.17, 15) is 0 Å². The van der Waals surface area contributed by atoms with Gasteiger partial charge in [0, 0.05) is 42.3 Å². The van der Waals surface area contributed by atoms with Crippen LogP contribution in [-0.4, -0.2) is 17.1 Å². The molecule has 0 unspecified atom stereocenters. The smallest absolute Gasteiger partial charge is 0.212 e. The minimum atomic E-state index is 0.628. The molecule has 2 heterocycles. The molecule has 0 atom stereocenters. The van der Waals surface area contributed by atoms with E-state index in [0.29, 0.717) is 12.4 Å². The number of anilines is 1. The van der Waals surface area contributed by atoms with Crippen LogP contribution in [0.2, 0.25) is 0 Å². The second-order valence-electron chi connectivity index (χ2n) is 4.46. The third-order valence-electron chi connectivity index (χ3n) is 3.17. The van der Waals surface area contributed by atoms with Crippen LogP contribution in [0.3, 0.4) is 0 Å². The largest absolute Gasteiger partial charge is 0.481 e. The quantitative estimate of drug-likeness (QED) is 0.786. The molecule has 20 heavy (non-hydrogen) atoms. The van der Waals surface area contributed by atoms with E-state index in [1.807, 2.05) is 36.7 Å². The van der Waals surface area contributed by atoms with Gasteiger partial charge < -0.3 is 10.1 Å². The minimum absolute atomic E-state index is 0.628. The van der Waals surface area contributed by atoms with Gasteiger partial charge in [-0.3, -0.25) is 4.98 Å². The Morgan fingerprint density at radius 3 is 2.85 bits per heavy atom. The van der Waals surface area contributed by atoms with Crippen LogP contribution in [0, 0.1) is 0 Å². The van der Waals surface area contributed by atoms with Gasteiger partial charge in [-0.1, -0.05) is 18.2 Å². The number of benzene rings is 1. The van der Waals surface area contributed by atoms with Crippen molar-refractivity contribution in [2.24, 2.45) is 0 Å². The van der Waals surface area contributed by atoms with Crippen LogP contribution in [-0.2, 0) is 6.54 Å². The second-order valence-corrected chi connectivity index (χ2v) is 4.46. The molecule has 0 fully saturated rings. The molecule has 0 aliphatic rings. The van der Waals surface area contributed by atoms with Crippen molar-refractivity contribution in [3.63, 3.8) is 0 Å². The molecule has 0 radical (unpaired) electrons. The van der Waals surface area contributed by atoms with Gasteiger partial charge in [0.25, 0.3) is 0 Å². The van der Waals surface area contributed by atoms with Crippen molar-refractivity contribution in [3.8, 4) is 5.88 Å². The maximum Gasteiger partial charge on any atom is 0.212 e. The third-order valence-corrected chi connectivity index (χ3v) is 3.17. The number of nitrogens with one attached hydrogen (secondary N) is 1. The average Bonchev–Trinajstić information content (AvgIpc) is 2.53. The van der Waals surface area contributed by atoms with E-state index in [4.69, 9.17) is 4.74 Å². The summed E-state index contributed by atoms with van der Waals surface area (Å²) in [5.74, 6) is 0.628. The first-order valence-electron chi connectivity index (χ1n) is 6.42. The van der Waals surface area contributed by atoms with Crippen molar-refractivity contribution >= 4 is 16.5 Å². The summed E-state index contributed by atoms with van der Waals surface area (Å²) in [7, 11) is 1.61. The molecule has 3 aromatic rings. The summed E-state index contributed by atoms with van der Waals surface area (Å²) < 4.78 is 5.05. The van der Waals surface area contributed by atoms with E-state index in [0.717, 1.165) is 16.6 Å². The minimum Gasteiger partial charge on any atom is -0.481 e. The summed E-state index contributed by atoms with van der Waals surface area (Å²) in [6.45, 7) is 0.713. The number of methoxy groups -OCH3 is 1. The molecule has 0 aliphatic carbocycles. The average molecular weight is 265 g/mol. The summed E-state index contributed by atoms with van der Waals surface area (Å²) in [5.41, 5.74) is 2.18. The second kappa shape index (κ2) is 5.57. The van der Waals surface area contributed by atoms with Crippen LogP contribution in [0.25, 0.3) is 10.8 Å². The number of nitrogens with zero attached hydrogens (tertiary/aromatic N) is 2. The van der Waals surface area contributed by atoms with Gasteiger partial charge in [0.2, 0.25) is 5.88 Å². The number of hydrogen-bond acceptors (Lipinski definition) is 4. The number of fused-ring (bicyclic) bond motifs is 1. The Bertz CT molecular complexity index is 705. The van der Waals surface area contributed by atoms with Gasteiger partial charge in [-0.05, 0) is 23.1 Å². The predicted octanol–water partition coefficient (Wildman–Crippen LogP) is 3.25. The van der Waals surface area contributed by atoms with Crippen molar-refractivity contribution in [2.45, 2.75) is 6.54 Å². The van der Waals surface area contributed by atoms with Crippen molar-refractivity contribution < 1.29 is 4.74 Å². The standard InChI is InChI=1S/C16H15N3O/c1-20-16-6-5-12(10-19-16)9-18-15-4-2-3-13-7-8-17-11-14(13)15/h2-8,10-11,18H,9H2,1H3. The van der Waals surface area contributed by atoms with Gasteiger partial charge in [0.15, 0.2) is 0 Å². The molecule has 0 bridgehead atoms. The number of ether oxygens (including phenoxy) is 1. The van der Waals surface area contributed by atoms with Crippen LogP contribution in [0.5, 0.6) is 5.88 Å². The molecule has 100 valence electrons. The molecule has 4 nitrogen and oxygen atoms in total. The van der Waals surface area contributed by atoms with E-state index < -0.39 is 0 Å². The van der Waals surface area contributed by atoms with Gasteiger partial charge in [0.1, 0.15) is 0 Å². The van der Waals surface area contributed by atoms with E-state index in [2.05, 4.69) is 27.4 Å². The van der Waals surface area contributed by atoms with Crippen molar-refractivity contribution in [3.05, 3.63) is 60.6 Å². The molecule has 0 spiro atoms. The molecule has 1 N–H and O–H groups in total. The number of hydrogen-bond donors (Lipinski definition) is 1. The maximum atomic E-state index is 5.05. The van der Waals surface area contributed by atoms with Gasteiger partial charge in [-0.2, -0.15) is 0 Å². The monoisotopic (exact) mass is 265 g/mol. The first kappa shape index (κ1) is 12.4. The van der Waals surface area contributed by atoms with Gasteiger partial charge in [-0.15, -0.1) is 0 Å². The first-order chi connectivity index (χ1) is 9.86. The first-order valence-corrected chi connectivity index (χ1v) is 6.42. The zero-order valence-electron chi connectivity index (χ0n) is 11.2. The van der Waals surface area contributed by atoms with Crippen LogP contribution in [0.15, 0.2) is 55.0 Å². The topological polar surface area (TPSA) is 47.0 Å². The lowest BCUT2D eigenvalue weighted by Gasteiger charge is -2.09. The van der Waals surface area contributed by atoms with Crippen LogP contribution in [0.4, 0.5) is 5.69 Å². The number of rotatable bonds is 4. The Kier molecular flexibility index (Phi) is 3.46. The number of pyridine rings is 2. The third kappa shape index (κ3) is 2.54. The Morgan fingerprint density at radius 1 is 1.10 bits per heavy atom. The summed E-state index contributed by atoms with van der Waals surface area (Å²) >= 11 is 0. The maximum absolute atomic E-state index is 5.05. The Hall–Kier alpha value is -2.62. The Balaban J connectivity index is 1.79. The summed E-state index contributed by atoms with van der Waals surface area (Å²) in [6, 6.07) is 12.0. The van der Waals surface area contributed by atoms with Crippen molar-refractivity contribution in [1.29, 1.82) is 0 Å². The molecule has 0 amide bonds. The molecular formula is C16H15N3O. The summed E-state index contributed by atoms with van der Waals surface area (Å²) in [4.78, 5) is 8.38. The lowest BCUT2D eigenvalue weighted by atomic mass is 10.1. The molecule has 0 saturated heterocycles. The highest BCUT2D eigenvalue weighted by Crippen LogP contribution is 2.22. The van der Waals surface area contributed by atoms with Crippen LogP contribution in [0.1, 0.15) is 5.56 Å². The fourth-order valence-electron chi connectivity index (χ4n) is 2.10. The van der Waals surface area contributed by atoms with E-state index in [-0.39, 0.29) is 0 Å². The van der Waals surface area contributed by atoms with E-state index >= 15 is 0 Å². The molecule has 4 heteroatoms. The van der Waals surface area contributed by atoms with Crippen molar-refractivity contribution in [1.82, 2.24) is 9.97 Å². The van der Waals surface area contributed by atoms with Gasteiger partial charge >= 0.3 is 0 Å². The lowest BCUT2D eigenvalue weighted by Crippen LogP contribution is -2.00. The number of aromatic nitrogens is 2. The Labute approximate surface area is 117 Å². The van der Waals surface area contributed by atoms with E-state index in [1.54, 1.807) is 13.3 Å². The fraction of sp³-hybridized carbons (Fsp3) is 0.125. The summed E-state index contributed by atoms with van der Waals surface area (Å²) in [5, 5.41) is 5.72. The highest BCUT2D eigenvalue weighted by Gasteiger charge is 2.01. The SMILES string of the molecule is COc1ccc(CNc2cccc3ccncc23)cn1. The highest BCUT2D eigenvalue weighted by molar-refractivity contribution is 5.92. The molecule has 2 aromatic heterocycles. The normalized spacial score (nSPS) is 10.4. The summed E-state index contributed by atoms with van der Waals surface area (Å²) in [6.07, 6.45) is 5.50. The van der Waals surface area contributed by atoms with E-state index in [1.165, 1.54) is 5.39 Å². The molecule has 0 aliphatic heterocycles. The van der Waals surface area contributed by atoms with Gasteiger partial charge in [0.05, 0.1) is 7.11 Å². The zero-order valence-corrected chi connectivity index (χ0v) is 11.2. The predicted molar refractivity (Wildman–Crippen MR) is 79.9 cm³/mol. The Morgan fingerprint density at radius 2 is 2.05 bits per heavy atom. The van der Waals surface area contributed by atoms with Crippen LogP contribution < -0.4 is 10.1 Å². The molecule has 3 rings (SSSR count). The van der Waals surface area contributed by atoms with Crippen LogP contribution >= 0.6 is 0 Å². The van der Waals surface area contributed by atoms with Gasteiger partial charge in [-0.25, -0.2) is 4.98 Å². The molecular weight excluding hydrogens is 250 g/mol. The van der Waals surface area contributed by atoms with Crippen molar-refractivity contribution in [2.75, 3.05) is 12.4 Å². The lowest BCUT2D eigenvalue weighted by molar-refractivity contribution is 0.397. The highest BCUT2D eigenvalue weighted by atomic mass is 16.5. The zero-order chi connectivity index (χ0) is 13.8. The fourth-order valence-corrected chi connectivity index (χ4v) is 2.10.